The molecule has 1 aromatic carbocycles. The van der Waals surface area contributed by atoms with E-state index in [0.29, 0.717) is 32.7 Å². The van der Waals surface area contributed by atoms with Crippen LogP contribution in [0.2, 0.25) is 0 Å². The minimum Gasteiger partial charge on any atom is -0.335 e. The third kappa shape index (κ3) is 3.75. The van der Waals surface area contributed by atoms with Crippen molar-refractivity contribution in [1.29, 1.82) is 0 Å². The second kappa shape index (κ2) is 7.65. The van der Waals surface area contributed by atoms with Crippen LogP contribution < -0.4 is 5.73 Å². The summed E-state index contributed by atoms with van der Waals surface area (Å²) in [6.07, 6.45) is 1.57. The molecule has 8 heteroatoms. The number of benzene rings is 1. The summed E-state index contributed by atoms with van der Waals surface area (Å²) in [6.45, 7) is 6.23. The maximum Gasteiger partial charge on any atom is 0.276 e. The first-order valence-corrected chi connectivity index (χ1v) is 8.75. The van der Waals surface area contributed by atoms with E-state index in [0.717, 1.165) is 11.1 Å². The van der Waals surface area contributed by atoms with Gasteiger partial charge in [0.15, 0.2) is 5.69 Å². The molecule has 1 aliphatic heterocycles. The zero-order chi connectivity index (χ0) is 18.7. The maximum absolute atomic E-state index is 12.7. The molecule has 0 spiro atoms. The smallest absolute Gasteiger partial charge is 0.276 e. The molecular formula is C18H24N6O2. The van der Waals surface area contributed by atoms with Gasteiger partial charge in [-0.15, -0.1) is 5.10 Å². The Labute approximate surface area is 152 Å². The Morgan fingerprint density at radius 1 is 1.35 bits per heavy atom. The Morgan fingerprint density at radius 3 is 2.88 bits per heavy atom. The predicted octanol–water partition coefficient (Wildman–Crippen LogP) is 0.418. The number of hydrogen-bond acceptors (Lipinski definition) is 5. The van der Waals surface area contributed by atoms with Gasteiger partial charge in [0.05, 0.1) is 12.7 Å². The fourth-order valence-electron chi connectivity index (χ4n) is 3.18. The van der Waals surface area contributed by atoms with Crippen LogP contribution in [-0.4, -0.2) is 62.3 Å². The van der Waals surface area contributed by atoms with Gasteiger partial charge >= 0.3 is 0 Å². The van der Waals surface area contributed by atoms with Gasteiger partial charge < -0.3 is 15.5 Å². The molecule has 2 N–H and O–H groups in total. The molecule has 2 heterocycles. The second-order valence-electron chi connectivity index (χ2n) is 6.58. The minimum absolute atomic E-state index is 0.0551. The summed E-state index contributed by atoms with van der Waals surface area (Å²) in [4.78, 5) is 28.8. The molecule has 3 rings (SSSR count). The van der Waals surface area contributed by atoms with Crippen molar-refractivity contribution in [2.45, 2.75) is 33.0 Å². The van der Waals surface area contributed by atoms with Crippen LogP contribution in [0.15, 0.2) is 30.5 Å². The molecule has 1 aromatic heterocycles. The maximum atomic E-state index is 12.7. The number of aryl methyl sites for hydroxylation is 1. The Morgan fingerprint density at radius 2 is 2.15 bits per heavy atom. The average Bonchev–Trinajstić information content (AvgIpc) is 3.08. The monoisotopic (exact) mass is 356 g/mol. The van der Waals surface area contributed by atoms with Crippen molar-refractivity contribution in [2.75, 3.05) is 19.6 Å². The first kappa shape index (κ1) is 18.1. The van der Waals surface area contributed by atoms with Gasteiger partial charge in [-0.1, -0.05) is 35.0 Å². The Kier molecular flexibility index (Phi) is 5.32. The summed E-state index contributed by atoms with van der Waals surface area (Å²) in [5, 5.41) is 7.80. The van der Waals surface area contributed by atoms with Crippen LogP contribution in [-0.2, 0) is 17.9 Å². The number of hydrogen-bond donors (Lipinski definition) is 1. The van der Waals surface area contributed by atoms with E-state index >= 15 is 0 Å². The number of rotatable bonds is 5. The van der Waals surface area contributed by atoms with Gasteiger partial charge in [-0.2, -0.15) is 0 Å². The molecule has 0 bridgehead atoms. The van der Waals surface area contributed by atoms with Crippen molar-refractivity contribution in [2.24, 2.45) is 5.73 Å². The van der Waals surface area contributed by atoms with Crippen LogP contribution in [0, 0.1) is 6.92 Å². The Bertz CT molecular complexity index is 802. The molecular weight excluding hydrogens is 332 g/mol. The number of piperazine rings is 1. The van der Waals surface area contributed by atoms with Crippen molar-refractivity contribution >= 4 is 11.8 Å². The van der Waals surface area contributed by atoms with E-state index < -0.39 is 6.04 Å². The lowest BCUT2D eigenvalue weighted by atomic mass is 10.1. The molecule has 138 valence electrons. The van der Waals surface area contributed by atoms with Gasteiger partial charge in [0.2, 0.25) is 5.91 Å². The van der Waals surface area contributed by atoms with E-state index in [1.165, 1.54) is 4.68 Å². The van der Waals surface area contributed by atoms with Crippen LogP contribution >= 0.6 is 0 Å². The largest absolute Gasteiger partial charge is 0.335 e. The van der Waals surface area contributed by atoms with Crippen LogP contribution in [0.5, 0.6) is 0 Å². The van der Waals surface area contributed by atoms with E-state index in [1.807, 2.05) is 25.1 Å². The normalized spacial score (nSPS) is 17.7. The SMILES string of the molecule is Cc1cccc(CN2CCN(C(=O)c3cn(CCN)nn3)[C@H](C)C2=O)c1. The predicted molar refractivity (Wildman–Crippen MR) is 96.2 cm³/mol. The molecule has 0 aliphatic carbocycles. The molecule has 0 radical (unpaired) electrons. The first-order chi connectivity index (χ1) is 12.5. The molecule has 2 aromatic rings. The summed E-state index contributed by atoms with van der Waals surface area (Å²) in [5.74, 6) is -0.329. The number of aromatic nitrogens is 3. The van der Waals surface area contributed by atoms with Gasteiger partial charge in [-0.05, 0) is 19.4 Å². The average molecular weight is 356 g/mol. The lowest BCUT2D eigenvalue weighted by molar-refractivity contribution is -0.140. The van der Waals surface area contributed by atoms with Crippen LogP contribution in [0.1, 0.15) is 28.5 Å². The standard InChI is InChI=1S/C18H24N6O2/c1-13-4-3-5-15(10-13)11-22-8-9-24(14(2)17(22)25)18(26)16-12-23(7-6-19)21-20-16/h3-5,10,12,14H,6-9,11,19H2,1-2H3/t14-/m1/s1. The zero-order valence-electron chi connectivity index (χ0n) is 15.1. The van der Waals surface area contributed by atoms with E-state index in [-0.39, 0.29) is 17.5 Å². The van der Waals surface area contributed by atoms with Crippen molar-refractivity contribution in [1.82, 2.24) is 24.8 Å². The fraction of sp³-hybridized carbons (Fsp3) is 0.444. The first-order valence-electron chi connectivity index (χ1n) is 8.75. The van der Waals surface area contributed by atoms with Crippen LogP contribution in [0.3, 0.4) is 0 Å². The van der Waals surface area contributed by atoms with Gasteiger partial charge in [0, 0.05) is 26.2 Å². The molecule has 0 unspecified atom stereocenters. The zero-order valence-corrected chi connectivity index (χ0v) is 15.1. The molecule has 2 amide bonds. The lowest BCUT2D eigenvalue weighted by Crippen LogP contribution is -2.57. The number of nitrogens with zero attached hydrogens (tertiary/aromatic N) is 5. The highest BCUT2D eigenvalue weighted by Gasteiger charge is 2.35. The Hall–Kier alpha value is -2.74. The highest BCUT2D eigenvalue weighted by molar-refractivity contribution is 5.96. The quantitative estimate of drug-likeness (QED) is 0.837. The number of nitrogens with two attached hydrogens (primary N) is 1. The third-order valence-corrected chi connectivity index (χ3v) is 4.58. The summed E-state index contributed by atoms with van der Waals surface area (Å²) >= 11 is 0. The number of amides is 2. The number of carbonyl (C=O) groups excluding carboxylic acids is 2. The van der Waals surface area contributed by atoms with E-state index in [1.54, 1.807) is 22.9 Å². The van der Waals surface area contributed by atoms with Crippen LogP contribution in [0.4, 0.5) is 0 Å². The molecule has 26 heavy (non-hydrogen) atoms. The second-order valence-corrected chi connectivity index (χ2v) is 6.58. The summed E-state index contributed by atoms with van der Waals surface area (Å²) in [5.41, 5.74) is 7.98. The summed E-state index contributed by atoms with van der Waals surface area (Å²) in [7, 11) is 0. The van der Waals surface area contributed by atoms with Crippen molar-refractivity contribution in [3.63, 3.8) is 0 Å². The Balaban J connectivity index is 1.67. The number of carbonyl (C=O) groups is 2. The highest BCUT2D eigenvalue weighted by atomic mass is 16.2. The van der Waals surface area contributed by atoms with Crippen molar-refractivity contribution < 1.29 is 9.59 Å². The third-order valence-electron chi connectivity index (χ3n) is 4.58. The summed E-state index contributed by atoms with van der Waals surface area (Å²) in [6, 6.07) is 7.58. The topological polar surface area (TPSA) is 97.3 Å². The lowest BCUT2D eigenvalue weighted by Gasteiger charge is -2.38. The van der Waals surface area contributed by atoms with Gasteiger partial charge in [-0.3, -0.25) is 14.3 Å². The summed E-state index contributed by atoms with van der Waals surface area (Å²) < 4.78 is 1.54. The molecule has 8 nitrogen and oxygen atoms in total. The van der Waals surface area contributed by atoms with Gasteiger partial charge in [0.1, 0.15) is 6.04 Å². The van der Waals surface area contributed by atoms with Gasteiger partial charge in [-0.25, -0.2) is 0 Å². The minimum atomic E-state index is -0.527. The molecule has 1 atom stereocenters. The molecule has 1 saturated heterocycles. The molecule has 1 fully saturated rings. The molecule has 1 aliphatic rings. The van der Waals surface area contributed by atoms with Crippen molar-refractivity contribution in [3.8, 4) is 0 Å². The van der Waals surface area contributed by atoms with Crippen molar-refractivity contribution in [3.05, 3.63) is 47.3 Å². The fourth-order valence-corrected chi connectivity index (χ4v) is 3.18. The highest BCUT2D eigenvalue weighted by Crippen LogP contribution is 2.17. The van der Waals surface area contributed by atoms with E-state index in [9.17, 15) is 9.59 Å². The van der Waals surface area contributed by atoms with E-state index in [4.69, 9.17) is 5.73 Å². The van der Waals surface area contributed by atoms with Crippen LogP contribution in [0.25, 0.3) is 0 Å². The van der Waals surface area contributed by atoms with E-state index in [2.05, 4.69) is 16.4 Å². The van der Waals surface area contributed by atoms with Gasteiger partial charge in [0.25, 0.3) is 5.91 Å². The molecule has 0 saturated carbocycles.